The van der Waals surface area contributed by atoms with Crippen molar-refractivity contribution in [3.63, 3.8) is 0 Å². The zero-order valence-corrected chi connectivity index (χ0v) is 9.13. The second-order valence-corrected chi connectivity index (χ2v) is 3.54. The smallest absolute Gasteiger partial charge is 0.354 e. The van der Waals surface area contributed by atoms with Gasteiger partial charge >= 0.3 is 5.97 Å². The van der Waals surface area contributed by atoms with Crippen LogP contribution in [0.3, 0.4) is 0 Å². The van der Waals surface area contributed by atoms with E-state index in [2.05, 4.69) is 10.3 Å². The molecule has 4 heteroatoms. The normalized spacial score (nSPS) is 9.88. The number of benzene rings is 1. The molecule has 0 fully saturated rings. The Kier molecular flexibility index (Phi) is 3.35. The number of nitrogens with one attached hydrogen (secondary N) is 1. The van der Waals surface area contributed by atoms with Crippen LogP contribution in [0.2, 0.25) is 0 Å². The number of rotatable bonds is 4. The minimum Gasteiger partial charge on any atom is -0.477 e. The first-order valence-electron chi connectivity index (χ1n) is 5.24. The van der Waals surface area contributed by atoms with Crippen molar-refractivity contribution in [1.29, 1.82) is 0 Å². The summed E-state index contributed by atoms with van der Waals surface area (Å²) < 4.78 is 0. The minimum atomic E-state index is -1.01. The van der Waals surface area contributed by atoms with Gasteiger partial charge in [0, 0.05) is 5.69 Å². The van der Waals surface area contributed by atoms with Crippen molar-refractivity contribution in [3.8, 4) is 0 Å². The molecule has 0 spiro atoms. The van der Waals surface area contributed by atoms with Gasteiger partial charge in [0.2, 0.25) is 0 Å². The summed E-state index contributed by atoms with van der Waals surface area (Å²) in [6.45, 7) is 0.505. The van der Waals surface area contributed by atoms with Crippen LogP contribution in [0, 0.1) is 0 Å². The molecule has 0 amide bonds. The molecule has 0 aliphatic rings. The Morgan fingerprint density at radius 3 is 2.59 bits per heavy atom. The Balaban J connectivity index is 2.04. The van der Waals surface area contributed by atoms with Gasteiger partial charge in [0.1, 0.15) is 5.69 Å². The number of pyridine rings is 1. The second kappa shape index (κ2) is 5.12. The Morgan fingerprint density at radius 1 is 1.12 bits per heavy atom. The van der Waals surface area contributed by atoms with E-state index < -0.39 is 5.97 Å². The van der Waals surface area contributed by atoms with Crippen LogP contribution in [-0.4, -0.2) is 16.1 Å². The Labute approximate surface area is 98.9 Å². The summed E-state index contributed by atoms with van der Waals surface area (Å²) in [6.07, 6.45) is 0. The molecule has 0 bridgehead atoms. The number of anilines is 1. The van der Waals surface area contributed by atoms with Crippen LogP contribution in [0.1, 0.15) is 16.2 Å². The fraction of sp³-hybridized carbons (Fsp3) is 0.0769. The molecule has 2 aromatic rings. The molecule has 0 saturated carbocycles. The number of carboxylic acids is 1. The lowest BCUT2D eigenvalue weighted by Gasteiger charge is -2.05. The van der Waals surface area contributed by atoms with Crippen molar-refractivity contribution < 1.29 is 9.90 Å². The third kappa shape index (κ3) is 3.04. The number of carbonyl (C=O) groups is 1. The predicted molar refractivity (Wildman–Crippen MR) is 65.0 cm³/mol. The van der Waals surface area contributed by atoms with Gasteiger partial charge in [-0.05, 0) is 24.3 Å². The van der Waals surface area contributed by atoms with Crippen LogP contribution < -0.4 is 5.32 Å². The lowest BCUT2D eigenvalue weighted by Crippen LogP contribution is -2.06. The first kappa shape index (κ1) is 11.1. The number of aromatic nitrogens is 1. The van der Waals surface area contributed by atoms with Crippen LogP contribution in [0.4, 0.5) is 5.69 Å². The summed E-state index contributed by atoms with van der Waals surface area (Å²) in [7, 11) is 0. The molecular weight excluding hydrogens is 216 g/mol. The van der Waals surface area contributed by atoms with Gasteiger partial charge in [0.15, 0.2) is 0 Å². The molecular formula is C13H12N2O2. The molecule has 1 aromatic carbocycles. The van der Waals surface area contributed by atoms with Crippen LogP contribution in [-0.2, 0) is 6.54 Å². The van der Waals surface area contributed by atoms with Gasteiger partial charge in [-0.2, -0.15) is 0 Å². The number of carboxylic acid groups (broad SMARTS) is 1. The van der Waals surface area contributed by atoms with E-state index in [-0.39, 0.29) is 5.69 Å². The highest BCUT2D eigenvalue weighted by molar-refractivity contribution is 5.85. The van der Waals surface area contributed by atoms with Crippen molar-refractivity contribution in [3.05, 3.63) is 59.9 Å². The number of aromatic carboxylic acids is 1. The second-order valence-electron chi connectivity index (χ2n) is 3.54. The first-order chi connectivity index (χ1) is 8.25. The van der Waals surface area contributed by atoms with Gasteiger partial charge in [-0.1, -0.05) is 24.3 Å². The minimum absolute atomic E-state index is 0.0670. The van der Waals surface area contributed by atoms with E-state index in [0.717, 1.165) is 5.69 Å². The zero-order valence-electron chi connectivity index (χ0n) is 9.13. The van der Waals surface area contributed by atoms with Crippen LogP contribution >= 0.6 is 0 Å². The van der Waals surface area contributed by atoms with Crippen molar-refractivity contribution >= 4 is 11.7 Å². The topological polar surface area (TPSA) is 62.2 Å². The van der Waals surface area contributed by atoms with E-state index in [0.29, 0.717) is 12.2 Å². The molecule has 2 rings (SSSR count). The number of nitrogens with zero attached hydrogens (tertiary/aromatic N) is 1. The van der Waals surface area contributed by atoms with Crippen LogP contribution in [0.25, 0.3) is 0 Å². The third-order valence-corrected chi connectivity index (χ3v) is 2.27. The quantitative estimate of drug-likeness (QED) is 0.843. The van der Waals surface area contributed by atoms with Crippen molar-refractivity contribution in [2.45, 2.75) is 6.54 Å². The largest absolute Gasteiger partial charge is 0.477 e. The maximum atomic E-state index is 10.7. The highest BCUT2D eigenvalue weighted by Crippen LogP contribution is 2.07. The van der Waals surface area contributed by atoms with Gasteiger partial charge in [0.05, 0.1) is 12.2 Å². The van der Waals surface area contributed by atoms with E-state index in [4.69, 9.17) is 5.11 Å². The fourth-order valence-electron chi connectivity index (χ4n) is 1.45. The molecule has 4 nitrogen and oxygen atoms in total. The van der Waals surface area contributed by atoms with Crippen LogP contribution in [0.5, 0.6) is 0 Å². The Hall–Kier alpha value is -2.36. The standard InChI is InChI=1S/C13H12N2O2/c16-13(17)12-8-4-7-11(15-12)9-14-10-5-2-1-3-6-10/h1-8,14H,9H2,(H,16,17). The van der Waals surface area contributed by atoms with Gasteiger partial charge in [-0.25, -0.2) is 9.78 Å². The molecule has 0 aliphatic heterocycles. The van der Waals surface area contributed by atoms with E-state index in [1.807, 2.05) is 30.3 Å². The van der Waals surface area contributed by atoms with E-state index >= 15 is 0 Å². The lowest BCUT2D eigenvalue weighted by molar-refractivity contribution is 0.0690. The Bertz CT molecular complexity index is 512. The average molecular weight is 228 g/mol. The highest BCUT2D eigenvalue weighted by Gasteiger charge is 2.04. The SMILES string of the molecule is O=C(O)c1cccc(CNc2ccccc2)n1. The van der Waals surface area contributed by atoms with E-state index in [1.54, 1.807) is 12.1 Å². The molecule has 2 N–H and O–H groups in total. The summed E-state index contributed by atoms with van der Waals surface area (Å²) in [6, 6.07) is 14.7. The molecule has 0 saturated heterocycles. The summed E-state index contributed by atoms with van der Waals surface area (Å²) in [5.74, 6) is -1.01. The van der Waals surface area contributed by atoms with Gasteiger partial charge in [-0.15, -0.1) is 0 Å². The maximum absolute atomic E-state index is 10.7. The fourth-order valence-corrected chi connectivity index (χ4v) is 1.45. The Morgan fingerprint density at radius 2 is 1.88 bits per heavy atom. The average Bonchev–Trinajstić information content (AvgIpc) is 2.38. The molecule has 1 heterocycles. The van der Waals surface area contributed by atoms with Gasteiger partial charge in [-0.3, -0.25) is 0 Å². The molecule has 17 heavy (non-hydrogen) atoms. The third-order valence-electron chi connectivity index (χ3n) is 2.27. The van der Waals surface area contributed by atoms with Crippen LogP contribution in [0.15, 0.2) is 48.5 Å². The molecule has 0 unspecified atom stereocenters. The molecule has 86 valence electrons. The van der Waals surface area contributed by atoms with E-state index in [9.17, 15) is 4.79 Å². The summed E-state index contributed by atoms with van der Waals surface area (Å²) in [5, 5.41) is 12.0. The van der Waals surface area contributed by atoms with Crippen molar-refractivity contribution in [2.24, 2.45) is 0 Å². The molecule has 0 aliphatic carbocycles. The predicted octanol–water partition coefficient (Wildman–Crippen LogP) is 2.39. The number of hydrogen-bond donors (Lipinski definition) is 2. The highest BCUT2D eigenvalue weighted by atomic mass is 16.4. The van der Waals surface area contributed by atoms with Gasteiger partial charge in [0.25, 0.3) is 0 Å². The summed E-state index contributed by atoms with van der Waals surface area (Å²) >= 11 is 0. The van der Waals surface area contributed by atoms with Gasteiger partial charge < -0.3 is 10.4 Å². The van der Waals surface area contributed by atoms with Crippen molar-refractivity contribution in [1.82, 2.24) is 4.98 Å². The first-order valence-corrected chi connectivity index (χ1v) is 5.24. The zero-order chi connectivity index (χ0) is 12.1. The molecule has 0 atom stereocenters. The van der Waals surface area contributed by atoms with E-state index in [1.165, 1.54) is 6.07 Å². The summed E-state index contributed by atoms with van der Waals surface area (Å²) in [5.41, 5.74) is 1.75. The number of para-hydroxylation sites is 1. The lowest BCUT2D eigenvalue weighted by atomic mass is 10.3. The van der Waals surface area contributed by atoms with Crippen molar-refractivity contribution in [2.75, 3.05) is 5.32 Å². The maximum Gasteiger partial charge on any atom is 0.354 e. The molecule has 0 radical (unpaired) electrons. The molecule has 1 aromatic heterocycles. The summed E-state index contributed by atoms with van der Waals surface area (Å²) in [4.78, 5) is 14.8. The monoisotopic (exact) mass is 228 g/mol. The number of hydrogen-bond acceptors (Lipinski definition) is 3.